The number of nitrogens with zero attached hydrogens (tertiary/aromatic N) is 2. The van der Waals surface area contributed by atoms with Crippen LogP contribution < -0.4 is 0 Å². The molecule has 3 heterocycles. The van der Waals surface area contributed by atoms with Crippen LogP contribution in [0, 0.1) is 0 Å². The minimum absolute atomic E-state index is 0.252. The Hall–Kier alpha value is -1.40. The summed E-state index contributed by atoms with van der Waals surface area (Å²) in [5.41, 5.74) is 0. The van der Waals surface area contributed by atoms with Gasteiger partial charge >= 0.3 is 0 Å². The fraction of sp³-hybridized carbons (Fsp3) is 0.444. The molecule has 1 aliphatic heterocycles. The lowest BCUT2D eigenvalue weighted by Crippen LogP contribution is -2.52. The molecule has 2 aromatic rings. The summed E-state index contributed by atoms with van der Waals surface area (Å²) in [6.07, 6.45) is 6.72. The van der Waals surface area contributed by atoms with Crippen molar-refractivity contribution in [3.05, 3.63) is 52.6 Å². The summed E-state index contributed by atoms with van der Waals surface area (Å²) in [7, 11) is 0. The molecule has 0 aromatic carbocycles. The quantitative estimate of drug-likeness (QED) is 0.846. The van der Waals surface area contributed by atoms with E-state index in [1.807, 2.05) is 29.5 Å². The van der Waals surface area contributed by atoms with Crippen molar-refractivity contribution >= 4 is 17.4 Å². The maximum absolute atomic E-state index is 9.38. The highest BCUT2D eigenvalue weighted by Gasteiger charge is 2.26. The van der Waals surface area contributed by atoms with Crippen LogP contribution in [0.2, 0.25) is 0 Å². The SMILES string of the molecule is OCCC1CN(C/C=C/c2ccco2)CCN1Cc1cccs1. The van der Waals surface area contributed by atoms with Gasteiger partial charge in [-0.1, -0.05) is 12.1 Å². The minimum atomic E-state index is 0.252. The molecule has 2 aromatic heterocycles. The van der Waals surface area contributed by atoms with E-state index in [-0.39, 0.29) is 6.61 Å². The summed E-state index contributed by atoms with van der Waals surface area (Å²) in [5.74, 6) is 0.897. The molecule has 1 aliphatic rings. The average Bonchev–Trinajstić information content (AvgIpc) is 3.24. The summed E-state index contributed by atoms with van der Waals surface area (Å²) < 4.78 is 5.31. The Morgan fingerprint density at radius 2 is 2.26 bits per heavy atom. The van der Waals surface area contributed by atoms with Crippen LogP contribution in [0.1, 0.15) is 17.1 Å². The van der Waals surface area contributed by atoms with E-state index < -0.39 is 0 Å². The molecule has 0 aliphatic carbocycles. The molecule has 0 saturated carbocycles. The fourth-order valence-corrected chi connectivity index (χ4v) is 3.79. The maximum Gasteiger partial charge on any atom is 0.126 e. The van der Waals surface area contributed by atoms with Crippen LogP contribution in [0.3, 0.4) is 0 Å². The topological polar surface area (TPSA) is 39.9 Å². The van der Waals surface area contributed by atoms with Gasteiger partial charge in [0, 0.05) is 50.2 Å². The van der Waals surface area contributed by atoms with Gasteiger partial charge in [-0.05, 0) is 36.1 Å². The lowest BCUT2D eigenvalue weighted by atomic mass is 10.1. The molecule has 0 spiro atoms. The van der Waals surface area contributed by atoms with Crippen LogP contribution in [-0.2, 0) is 6.54 Å². The van der Waals surface area contributed by atoms with E-state index in [2.05, 4.69) is 33.4 Å². The number of hydrogen-bond acceptors (Lipinski definition) is 5. The maximum atomic E-state index is 9.38. The predicted octanol–water partition coefficient (Wildman–Crippen LogP) is 2.92. The monoisotopic (exact) mass is 332 g/mol. The third kappa shape index (κ3) is 4.78. The number of aliphatic hydroxyl groups excluding tert-OH is 1. The molecule has 0 bridgehead atoms. The molecule has 1 saturated heterocycles. The molecular weight excluding hydrogens is 308 g/mol. The van der Waals surface area contributed by atoms with Crippen molar-refractivity contribution < 1.29 is 9.52 Å². The van der Waals surface area contributed by atoms with Crippen molar-refractivity contribution in [1.29, 1.82) is 0 Å². The highest BCUT2D eigenvalue weighted by molar-refractivity contribution is 7.09. The molecule has 0 radical (unpaired) electrons. The first-order valence-corrected chi connectivity index (χ1v) is 9.03. The van der Waals surface area contributed by atoms with Crippen LogP contribution in [0.25, 0.3) is 6.08 Å². The van der Waals surface area contributed by atoms with E-state index in [9.17, 15) is 5.11 Å². The Balaban J connectivity index is 1.53. The number of piperazine rings is 1. The first-order chi connectivity index (χ1) is 11.3. The average molecular weight is 332 g/mol. The summed E-state index contributed by atoms with van der Waals surface area (Å²) in [6, 6.07) is 8.59. The number of hydrogen-bond donors (Lipinski definition) is 1. The third-order valence-corrected chi connectivity index (χ3v) is 5.14. The van der Waals surface area contributed by atoms with Crippen LogP contribution >= 0.6 is 11.3 Å². The summed E-state index contributed by atoms with van der Waals surface area (Å²) in [4.78, 5) is 6.36. The summed E-state index contributed by atoms with van der Waals surface area (Å²) in [5, 5.41) is 11.5. The number of thiophene rings is 1. The lowest BCUT2D eigenvalue weighted by Gasteiger charge is -2.41. The molecule has 1 fully saturated rings. The van der Waals surface area contributed by atoms with E-state index in [1.165, 1.54) is 4.88 Å². The molecule has 124 valence electrons. The van der Waals surface area contributed by atoms with Gasteiger partial charge in [-0.2, -0.15) is 0 Å². The summed E-state index contributed by atoms with van der Waals surface area (Å²) in [6.45, 7) is 5.30. The zero-order chi connectivity index (χ0) is 15.9. The van der Waals surface area contributed by atoms with Gasteiger partial charge in [0.2, 0.25) is 0 Å². The highest BCUT2D eigenvalue weighted by Crippen LogP contribution is 2.19. The molecular formula is C18H24N2O2S. The number of rotatable bonds is 7. The zero-order valence-electron chi connectivity index (χ0n) is 13.3. The van der Waals surface area contributed by atoms with Crippen molar-refractivity contribution in [2.75, 3.05) is 32.8 Å². The fourth-order valence-electron chi connectivity index (χ4n) is 3.06. The normalized spacial score (nSPS) is 20.5. The summed E-state index contributed by atoms with van der Waals surface area (Å²) >= 11 is 1.81. The van der Waals surface area contributed by atoms with Gasteiger partial charge in [-0.3, -0.25) is 9.80 Å². The van der Waals surface area contributed by atoms with Crippen LogP contribution in [0.15, 0.2) is 46.4 Å². The predicted molar refractivity (Wildman–Crippen MR) is 94.4 cm³/mol. The Morgan fingerprint density at radius 1 is 1.30 bits per heavy atom. The van der Waals surface area contributed by atoms with E-state index in [4.69, 9.17) is 4.42 Å². The Morgan fingerprint density at radius 3 is 3.00 bits per heavy atom. The Labute approximate surface area is 141 Å². The largest absolute Gasteiger partial charge is 0.465 e. The molecule has 3 rings (SSSR count). The number of furan rings is 1. The van der Waals surface area contributed by atoms with Gasteiger partial charge < -0.3 is 9.52 Å². The van der Waals surface area contributed by atoms with E-state index in [0.717, 1.165) is 44.9 Å². The number of aliphatic hydroxyl groups is 1. The molecule has 1 unspecified atom stereocenters. The molecule has 4 nitrogen and oxygen atoms in total. The highest BCUT2D eigenvalue weighted by atomic mass is 32.1. The van der Waals surface area contributed by atoms with Crippen molar-refractivity contribution in [3.63, 3.8) is 0 Å². The van der Waals surface area contributed by atoms with Crippen LogP contribution in [0.5, 0.6) is 0 Å². The van der Waals surface area contributed by atoms with Crippen LogP contribution in [0.4, 0.5) is 0 Å². The van der Waals surface area contributed by atoms with Gasteiger partial charge in [0.05, 0.1) is 6.26 Å². The van der Waals surface area contributed by atoms with Gasteiger partial charge in [-0.15, -0.1) is 11.3 Å². The van der Waals surface area contributed by atoms with Crippen molar-refractivity contribution in [1.82, 2.24) is 9.80 Å². The zero-order valence-corrected chi connectivity index (χ0v) is 14.1. The second-order valence-corrected chi connectivity index (χ2v) is 6.93. The molecule has 5 heteroatoms. The third-order valence-electron chi connectivity index (χ3n) is 4.28. The molecule has 1 atom stereocenters. The Kier molecular flexibility index (Phi) is 6.05. The van der Waals surface area contributed by atoms with Gasteiger partial charge in [0.15, 0.2) is 0 Å². The van der Waals surface area contributed by atoms with E-state index >= 15 is 0 Å². The smallest absolute Gasteiger partial charge is 0.126 e. The van der Waals surface area contributed by atoms with Crippen molar-refractivity contribution in [2.45, 2.75) is 19.0 Å². The van der Waals surface area contributed by atoms with Crippen LogP contribution in [-0.4, -0.2) is 53.7 Å². The molecule has 1 N–H and O–H groups in total. The van der Waals surface area contributed by atoms with E-state index in [0.29, 0.717) is 6.04 Å². The van der Waals surface area contributed by atoms with Gasteiger partial charge in [0.1, 0.15) is 5.76 Å². The van der Waals surface area contributed by atoms with Gasteiger partial charge in [0.25, 0.3) is 0 Å². The second kappa shape index (κ2) is 8.45. The standard InChI is InChI=1S/C18H24N2O2S/c21-11-7-16-14-19(8-1-4-17-5-2-12-22-17)9-10-20(16)15-18-6-3-13-23-18/h1-6,12-13,16,21H,7-11,14-15H2/b4-1+. The van der Waals surface area contributed by atoms with Crippen molar-refractivity contribution in [3.8, 4) is 0 Å². The van der Waals surface area contributed by atoms with Crippen molar-refractivity contribution in [2.24, 2.45) is 0 Å². The Bertz CT molecular complexity index is 580. The lowest BCUT2D eigenvalue weighted by molar-refractivity contribution is 0.0604. The molecule has 23 heavy (non-hydrogen) atoms. The van der Waals surface area contributed by atoms with E-state index in [1.54, 1.807) is 6.26 Å². The first-order valence-electron chi connectivity index (χ1n) is 8.15. The minimum Gasteiger partial charge on any atom is -0.465 e. The van der Waals surface area contributed by atoms with Gasteiger partial charge in [-0.25, -0.2) is 0 Å². The molecule has 0 amide bonds. The first kappa shape index (κ1) is 16.5. The second-order valence-electron chi connectivity index (χ2n) is 5.89.